The lowest BCUT2D eigenvalue weighted by atomic mass is 10.2. The minimum atomic E-state index is 0.519. The molecule has 0 saturated carbocycles. The fourth-order valence-corrected chi connectivity index (χ4v) is 1.21. The van der Waals surface area contributed by atoms with E-state index in [0.717, 1.165) is 23.4 Å². The number of benzene rings is 1. The molecule has 2 heteroatoms. The third kappa shape index (κ3) is 4.24. The number of halogens is 1. The Balaban J connectivity index is 2.36. The molecule has 0 heterocycles. The lowest BCUT2D eigenvalue weighted by Crippen LogP contribution is -1.74. The Bertz CT molecular complexity index is 301. The van der Waals surface area contributed by atoms with Gasteiger partial charge in [-0.3, -0.25) is 4.79 Å². The fraction of sp³-hybridized carbons (Fsp3) is 0.250. The Morgan fingerprint density at radius 3 is 2.64 bits per heavy atom. The zero-order chi connectivity index (χ0) is 10.2. The first-order valence-corrected chi connectivity index (χ1v) is 4.98. The van der Waals surface area contributed by atoms with Crippen LogP contribution in [-0.2, 0) is 4.79 Å². The van der Waals surface area contributed by atoms with E-state index in [2.05, 4.69) is 6.08 Å². The highest BCUT2D eigenvalue weighted by atomic mass is 35.5. The molecule has 0 amide bonds. The Morgan fingerprint density at radius 2 is 2.00 bits per heavy atom. The van der Waals surface area contributed by atoms with Crippen LogP contribution in [0.5, 0.6) is 0 Å². The SMILES string of the molecule is O=[C]CCCC=Cc1ccc(Cl)cc1. The zero-order valence-corrected chi connectivity index (χ0v) is 8.63. The van der Waals surface area contributed by atoms with Crippen LogP contribution in [0, 0.1) is 0 Å². The summed E-state index contributed by atoms with van der Waals surface area (Å²) >= 11 is 5.75. The maximum atomic E-state index is 9.91. The lowest BCUT2D eigenvalue weighted by Gasteiger charge is -1.93. The highest BCUT2D eigenvalue weighted by Gasteiger charge is 1.87. The van der Waals surface area contributed by atoms with Gasteiger partial charge >= 0.3 is 0 Å². The van der Waals surface area contributed by atoms with Gasteiger partial charge < -0.3 is 0 Å². The fourth-order valence-electron chi connectivity index (χ4n) is 1.09. The van der Waals surface area contributed by atoms with Crippen molar-refractivity contribution in [1.82, 2.24) is 0 Å². The van der Waals surface area contributed by atoms with Crippen LogP contribution in [0.2, 0.25) is 5.02 Å². The van der Waals surface area contributed by atoms with Gasteiger partial charge in [0.05, 0.1) is 0 Å². The van der Waals surface area contributed by atoms with Crippen LogP contribution < -0.4 is 0 Å². The number of carbonyl (C=O) groups excluding carboxylic acids is 1. The van der Waals surface area contributed by atoms with Gasteiger partial charge in [-0.2, -0.15) is 0 Å². The second-order valence-electron chi connectivity index (χ2n) is 2.99. The smallest absolute Gasteiger partial charge is 0.198 e. The maximum absolute atomic E-state index is 9.91. The van der Waals surface area contributed by atoms with Gasteiger partial charge in [-0.15, -0.1) is 0 Å². The summed E-state index contributed by atoms with van der Waals surface area (Å²) in [6.45, 7) is 0. The van der Waals surface area contributed by atoms with Crippen molar-refractivity contribution in [3.8, 4) is 0 Å². The van der Waals surface area contributed by atoms with Crippen LogP contribution in [0.1, 0.15) is 24.8 Å². The van der Waals surface area contributed by atoms with Crippen LogP contribution in [0.25, 0.3) is 6.08 Å². The summed E-state index contributed by atoms with van der Waals surface area (Å²) in [6.07, 6.45) is 8.26. The molecule has 1 aromatic rings. The number of unbranched alkanes of at least 4 members (excludes halogenated alkanes) is 2. The molecule has 0 spiro atoms. The van der Waals surface area contributed by atoms with E-state index >= 15 is 0 Å². The standard InChI is InChI=1S/C12H12ClO/c13-12-8-6-11(7-9-12)5-3-1-2-4-10-14/h3,5-9H,1-2,4H2. The molecule has 0 atom stereocenters. The molecule has 1 radical (unpaired) electrons. The van der Waals surface area contributed by atoms with Gasteiger partial charge in [-0.25, -0.2) is 0 Å². The normalized spacial score (nSPS) is 10.6. The highest BCUT2D eigenvalue weighted by molar-refractivity contribution is 6.30. The van der Waals surface area contributed by atoms with Crippen molar-refractivity contribution in [1.29, 1.82) is 0 Å². The number of hydrogen-bond donors (Lipinski definition) is 0. The molecule has 0 aliphatic carbocycles. The van der Waals surface area contributed by atoms with Crippen molar-refractivity contribution in [2.45, 2.75) is 19.3 Å². The Labute approximate surface area is 89.4 Å². The molecule has 1 rings (SSSR count). The maximum Gasteiger partial charge on any atom is 0.198 e. The molecule has 14 heavy (non-hydrogen) atoms. The van der Waals surface area contributed by atoms with Crippen LogP contribution in [0.4, 0.5) is 0 Å². The van der Waals surface area contributed by atoms with Crippen LogP contribution in [0.15, 0.2) is 30.3 Å². The van der Waals surface area contributed by atoms with Gasteiger partial charge in [-0.1, -0.05) is 35.9 Å². The van der Waals surface area contributed by atoms with Crippen molar-refractivity contribution >= 4 is 24.0 Å². The summed E-state index contributed by atoms with van der Waals surface area (Å²) in [5.74, 6) is 0. The predicted octanol–water partition coefficient (Wildman–Crippen LogP) is 3.63. The van der Waals surface area contributed by atoms with Crippen molar-refractivity contribution in [3.63, 3.8) is 0 Å². The van der Waals surface area contributed by atoms with Gasteiger partial charge in [-0.05, 0) is 30.5 Å². The minimum absolute atomic E-state index is 0.519. The summed E-state index contributed by atoms with van der Waals surface area (Å²) in [5, 5.41) is 0.748. The van der Waals surface area contributed by atoms with E-state index in [1.54, 1.807) is 0 Å². The lowest BCUT2D eigenvalue weighted by molar-refractivity contribution is 0.549. The quantitative estimate of drug-likeness (QED) is 0.674. The number of hydrogen-bond acceptors (Lipinski definition) is 1. The van der Waals surface area contributed by atoms with Gasteiger partial charge in [0, 0.05) is 11.4 Å². The van der Waals surface area contributed by atoms with E-state index in [1.807, 2.05) is 36.6 Å². The van der Waals surface area contributed by atoms with Crippen molar-refractivity contribution in [3.05, 3.63) is 40.9 Å². The molecule has 0 unspecified atom stereocenters. The average Bonchev–Trinajstić information content (AvgIpc) is 2.21. The molecular formula is C12H12ClO. The molecule has 73 valence electrons. The molecule has 0 aliphatic rings. The topological polar surface area (TPSA) is 17.1 Å². The van der Waals surface area contributed by atoms with E-state index in [-0.39, 0.29) is 0 Å². The molecule has 1 nitrogen and oxygen atoms in total. The van der Waals surface area contributed by atoms with Crippen LogP contribution >= 0.6 is 11.6 Å². The number of allylic oxidation sites excluding steroid dienone is 1. The molecule has 0 N–H and O–H groups in total. The second-order valence-corrected chi connectivity index (χ2v) is 3.43. The summed E-state index contributed by atoms with van der Waals surface area (Å²) in [4.78, 5) is 9.91. The summed E-state index contributed by atoms with van der Waals surface area (Å²) in [6, 6.07) is 7.65. The largest absolute Gasteiger partial charge is 0.291 e. The van der Waals surface area contributed by atoms with Crippen LogP contribution in [0.3, 0.4) is 0 Å². The third-order valence-electron chi connectivity index (χ3n) is 1.83. The van der Waals surface area contributed by atoms with Gasteiger partial charge in [0.2, 0.25) is 0 Å². The van der Waals surface area contributed by atoms with Crippen molar-refractivity contribution in [2.24, 2.45) is 0 Å². The Morgan fingerprint density at radius 1 is 1.29 bits per heavy atom. The van der Waals surface area contributed by atoms with E-state index in [1.165, 1.54) is 0 Å². The third-order valence-corrected chi connectivity index (χ3v) is 2.08. The first kappa shape index (κ1) is 11.0. The van der Waals surface area contributed by atoms with E-state index in [0.29, 0.717) is 6.42 Å². The first-order chi connectivity index (χ1) is 6.83. The van der Waals surface area contributed by atoms with Crippen molar-refractivity contribution in [2.75, 3.05) is 0 Å². The molecule has 0 aliphatic heterocycles. The van der Waals surface area contributed by atoms with Gasteiger partial charge in [0.15, 0.2) is 6.29 Å². The molecule has 1 aromatic carbocycles. The first-order valence-electron chi connectivity index (χ1n) is 4.60. The highest BCUT2D eigenvalue weighted by Crippen LogP contribution is 2.11. The Kier molecular flexibility index (Phi) is 5.02. The molecular weight excluding hydrogens is 196 g/mol. The van der Waals surface area contributed by atoms with Gasteiger partial charge in [0.25, 0.3) is 0 Å². The molecule has 0 saturated heterocycles. The van der Waals surface area contributed by atoms with E-state index in [9.17, 15) is 4.79 Å². The molecule has 0 fully saturated rings. The van der Waals surface area contributed by atoms with E-state index in [4.69, 9.17) is 11.6 Å². The minimum Gasteiger partial charge on any atom is -0.291 e. The predicted molar refractivity (Wildman–Crippen MR) is 60.0 cm³/mol. The molecule has 0 aromatic heterocycles. The number of rotatable bonds is 5. The summed E-state index contributed by atoms with van der Waals surface area (Å²) in [7, 11) is 0. The van der Waals surface area contributed by atoms with Gasteiger partial charge in [0.1, 0.15) is 0 Å². The summed E-state index contributed by atoms with van der Waals surface area (Å²) in [5.41, 5.74) is 1.13. The second kappa shape index (κ2) is 6.39. The van der Waals surface area contributed by atoms with Crippen LogP contribution in [-0.4, -0.2) is 6.29 Å². The molecule has 0 bridgehead atoms. The average molecular weight is 208 g/mol. The van der Waals surface area contributed by atoms with E-state index < -0.39 is 0 Å². The summed E-state index contributed by atoms with van der Waals surface area (Å²) < 4.78 is 0. The monoisotopic (exact) mass is 207 g/mol. The zero-order valence-electron chi connectivity index (χ0n) is 7.87. The van der Waals surface area contributed by atoms with Crippen molar-refractivity contribution < 1.29 is 4.79 Å². The Hall–Kier alpha value is -1.08.